The topological polar surface area (TPSA) is 52.0 Å². The Morgan fingerprint density at radius 3 is 3.33 bits per heavy atom. The Kier molecular flexibility index (Phi) is 3.09. The van der Waals surface area contributed by atoms with E-state index < -0.39 is 0 Å². The van der Waals surface area contributed by atoms with Gasteiger partial charge < -0.3 is 10.2 Å². The maximum atomic E-state index is 8.59. The minimum absolute atomic E-state index is 0.558. The van der Waals surface area contributed by atoms with Gasteiger partial charge in [0.2, 0.25) is 0 Å². The summed E-state index contributed by atoms with van der Waals surface area (Å²) in [6, 6.07) is 2.03. The highest BCUT2D eigenvalue weighted by atomic mass is 35.5. The number of rotatable bonds is 2. The zero-order valence-corrected chi connectivity index (χ0v) is 9.48. The van der Waals surface area contributed by atoms with E-state index in [2.05, 4.69) is 15.2 Å². The van der Waals surface area contributed by atoms with Gasteiger partial charge in [-0.1, -0.05) is 11.6 Å². The summed E-state index contributed by atoms with van der Waals surface area (Å²) in [5.41, 5.74) is 0. The lowest BCUT2D eigenvalue weighted by atomic mass is 10.4. The van der Waals surface area contributed by atoms with Gasteiger partial charge in [-0.15, -0.1) is 11.3 Å². The highest BCUT2D eigenvalue weighted by molar-refractivity contribution is 7.15. The van der Waals surface area contributed by atoms with E-state index in [1.54, 1.807) is 6.20 Å². The van der Waals surface area contributed by atoms with Crippen molar-refractivity contribution < 1.29 is 0 Å². The van der Waals surface area contributed by atoms with E-state index in [0.29, 0.717) is 4.47 Å². The van der Waals surface area contributed by atoms with Crippen LogP contribution in [0.1, 0.15) is 4.88 Å². The lowest BCUT2D eigenvalue weighted by Crippen LogP contribution is -2.18. The molecule has 6 heteroatoms. The molecule has 0 atom stereocenters. The van der Waals surface area contributed by atoms with E-state index in [-0.39, 0.29) is 0 Å². The molecule has 1 aliphatic heterocycles. The molecule has 15 heavy (non-hydrogen) atoms. The summed E-state index contributed by atoms with van der Waals surface area (Å²) >= 11 is 7.22. The van der Waals surface area contributed by atoms with Crippen LogP contribution in [0.2, 0.25) is 4.47 Å². The number of hydrogen-bond donors (Lipinski definition) is 1. The van der Waals surface area contributed by atoms with Crippen molar-refractivity contribution in [3.8, 4) is 6.07 Å². The average Bonchev–Trinajstić information content (AvgIpc) is 2.78. The van der Waals surface area contributed by atoms with Crippen LogP contribution in [-0.2, 0) is 6.54 Å². The summed E-state index contributed by atoms with van der Waals surface area (Å²) in [6.07, 6.45) is 3.30. The smallest absolute Gasteiger partial charge is 0.183 e. The van der Waals surface area contributed by atoms with Gasteiger partial charge in [-0.2, -0.15) is 5.26 Å². The second kappa shape index (κ2) is 4.51. The Balaban J connectivity index is 2.06. The number of allylic oxidation sites excluding steroid dienone is 1. The molecule has 1 N–H and O–H groups in total. The Morgan fingerprint density at radius 2 is 2.67 bits per heavy atom. The van der Waals surface area contributed by atoms with Gasteiger partial charge in [0, 0.05) is 24.2 Å². The lowest BCUT2D eigenvalue weighted by Gasteiger charge is -2.16. The molecule has 0 aromatic carbocycles. The van der Waals surface area contributed by atoms with Gasteiger partial charge in [0.15, 0.2) is 4.47 Å². The lowest BCUT2D eigenvalue weighted by molar-refractivity contribution is 0.392. The van der Waals surface area contributed by atoms with E-state index >= 15 is 0 Å². The average molecular weight is 241 g/mol. The van der Waals surface area contributed by atoms with Crippen molar-refractivity contribution in [2.75, 3.05) is 13.1 Å². The van der Waals surface area contributed by atoms with Crippen molar-refractivity contribution >= 4 is 22.9 Å². The van der Waals surface area contributed by atoms with E-state index in [1.165, 1.54) is 17.4 Å². The number of hydrogen-bond acceptors (Lipinski definition) is 5. The van der Waals surface area contributed by atoms with Crippen LogP contribution in [0.15, 0.2) is 18.1 Å². The second-order valence-corrected chi connectivity index (χ2v) is 4.78. The van der Waals surface area contributed by atoms with Crippen molar-refractivity contribution in [3.05, 3.63) is 27.4 Å². The predicted octanol–water partition coefficient (Wildman–Crippen LogP) is 1.57. The zero-order valence-electron chi connectivity index (χ0n) is 7.90. The maximum Gasteiger partial charge on any atom is 0.183 e. The predicted molar refractivity (Wildman–Crippen MR) is 59.2 cm³/mol. The molecule has 4 nitrogen and oxygen atoms in total. The first-order valence-electron chi connectivity index (χ1n) is 4.48. The van der Waals surface area contributed by atoms with Gasteiger partial charge in [-0.05, 0) is 0 Å². The van der Waals surface area contributed by atoms with Crippen molar-refractivity contribution in [1.29, 1.82) is 5.26 Å². The van der Waals surface area contributed by atoms with Crippen LogP contribution < -0.4 is 5.32 Å². The zero-order chi connectivity index (χ0) is 10.7. The molecule has 1 aromatic rings. The Labute approximate surface area is 96.8 Å². The van der Waals surface area contributed by atoms with Crippen LogP contribution in [0.5, 0.6) is 0 Å². The van der Waals surface area contributed by atoms with Crippen LogP contribution in [0.4, 0.5) is 0 Å². The fourth-order valence-electron chi connectivity index (χ4n) is 1.46. The van der Waals surface area contributed by atoms with E-state index in [0.717, 1.165) is 30.3 Å². The van der Waals surface area contributed by atoms with Crippen LogP contribution in [0.25, 0.3) is 0 Å². The molecule has 0 bridgehead atoms. The summed E-state index contributed by atoms with van der Waals surface area (Å²) < 4.78 is 0.558. The first-order valence-corrected chi connectivity index (χ1v) is 5.68. The van der Waals surface area contributed by atoms with Crippen LogP contribution in [0, 0.1) is 11.3 Å². The number of nitrogens with one attached hydrogen (secondary N) is 1. The molecule has 0 spiro atoms. The fourth-order valence-corrected chi connectivity index (χ4v) is 2.46. The molecule has 0 unspecified atom stereocenters. The van der Waals surface area contributed by atoms with Crippen molar-refractivity contribution in [1.82, 2.24) is 15.2 Å². The highest BCUT2D eigenvalue weighted by Gasteiger charge is 2.16. The van der Waals surface area contributed by atoms with Crippen LogP contribution in [0.3, 0.4) is 0 Å². The summed E-state index contributed by atoms with van der Waals surface area (Å²) in [5, 5.41) is 11.7. The highest BCUT2D eigenvalue weighted by Crippen LogP contribution is 2.21. The molecule has 2 rings (SSSR count). The number of nitrogens with zero attached hydrogens (tertiary/aromatic N) is 3. The van der Waals surface area contributed by atoms with E-state index in [9.17, 15) is 0 Å². The quantitative estimate of drug-likeness (QED) is 0.798. The van der Waals surface area contributed by atoms with Gasteiger partial charge in [0.05, 0.1) is 18.7 Å². The van der Waals surface area contributed by atoms with Gasteiger partial charge in [-0.3, -0.25) is 0 Å². The molecular weight excluding hydrogens is 232 g/mol. The van der Waals surface area contributed by atoms with Gasteiger partial charge in [0.1, 0.15) is 5.82 Å². The maximum absolute atomic E-state index is 8.59. The third-order valence-electron chi connectivity index (χ3n) is 2.10. The molecule has 0 radical (unpaired) electrons. The van der Waals surface area contributed by atoms with Crippen LogP contribution >= 0.6 is 22.9 Å². The number of thiazole rings is 1. The monoisotopic (exact) mass is 240 g/mol. The number of aromatic nitrogens is 1. The van der Waals surface area contributed by atoms with Crippen LogP contribution in [-0.4, -0.2) is 23.0 Å². The number of nitriles is 1. The molecule has 0 amide bonds. The van der Waals surface area contributed by atoms with E-state index in [1.807, 2.05) is 6.07 Å². The van der Waals surface area contributed by atoms with Crippen molar-refractivity contribution in [3.63, 3.8) is 0 Å². The third-order valence-corrected chi connectivity index (χ3v) is 3.20. The fraction of sp³-hybridized carbons (Fsp3) is 0.333. The Bertz CT molecular complexity index is 420. The van der Waals surface area contributed by atoms with E-state index in [4.69, 9.17) is 16.9 Å². The molecule has 2 heterocycles. The molecule has 1 saturated heterocycles. The van der Waals surface area contributed by atoms with Crippen molar-refractivity contribution in [2.45, 2.75) is 6.54 Å². The van der Waals surface area contributed by atoms with Gasteiger partial charge in [0.25, 0.3) is 0 Å². The molecule has 78 valence electrons. The number of halogens is 1. The molecule has 0 saturated carbocycles. The summed E-state index contributed by atoms with van der Waals surface area (Å²) in [7, 11) is 0. The molecule has 1 fully saturated rings. The normalized spacial score (nSPS) is 17.9. The molecule has 0 aliphatic carbocycles. The van der Waals surface area contributed by atoms with Gasteiger partial charge >= 0.3 is 0 Å². The Hall–Kier alpha value is -1.25. The molecular formula is C9H9ClN4S. The molecule has 1 aliphatic rings. The first-order chi connectivity index (χ1) is 7.29. The summed E-state index contributed by atoms with van der Waals surface area (Å²) in [5.74, 6) is 0.877. The summed E-state index contributed by atoms with van der Waals surface area (Å²) in [6.45, 7) is 2.54. The third kappa shape index (κ3) is 2.41. The standard InChI is InChI=1S/C9H9ClN4S/c10-9-13-5-7(15-9)6-14-4-3-12-8(14)1-2-11/h1,5,12H,3-4,6H2. The van der Waals surface area contributed by atoms with Gasteiger partial charge in [-0.25, -0.2) is 4.98 Å². The SMILES string of the molecule is N#CC=C1NCCN1Cc1cnc(Cl)s1. The minimum atomic E-state index is 0.558. The summed E-state index contributed by atoms with van der Waals surface area (Å²) in [4.78, 5) is 7.19. The van der Waals surface area contributed by atoms with Crippen molar-refractivity contribution in [2.24, 2.45) is 0 Å². The second-order valence-electron chi connectivity index (χ2n) is 3.09. The largest absolute Gasteiger partial charge is 0.369 e. The molecule has 1 aromatic heterocycles. The minimum Gasteiger partial charge on any atom is -0.369 e. The first kappa shape index (κ1) is 10.3. The Morgan fingerprint density at radius 1 is 1.80 bits per heavy atom.